The molecule has 16 heteroatoms. The molecule has 0 unspecified atom stereocenters. The van der Waals surface area contributed by atoms with E-state index >= 15 is 0 Å². The lowest BCUT2D eigenvalue weighted by atomic mass is 10.2. The van der Waals surface area contributed by atoms with Crippen LogP contribution in [0.25, 0.3) is 0 Å². The largest absolute Gasteiger partial charge is 0.493 e. The number of amidine groups is 4. The molecule has 54 heavy (non-hydrogen) atoms. The van der Waals surface area contributed by atoms with Gasteiger partial charge in [-0.1, -0.05) is 0 Å². The number of ether oxygens (including phenoxy) is 8. The predicted molar refractivity (Wildman–Crippen MR) is 207 cm³/mol. The summed E-state index contributed by atoms with van der Waals surface area (Å²) in [5.74, 6) is 4.26. The van der Waals surface area contributed by atoms with Gasteiger partial charge in [-0.15, -0.1) is 0 Å². The standard InChI is InChI=1S/2C19H24N4O4/c2*1-24-16-10-12(18(20)21)4-6-14(16)26-8-3-9-27-15-7-5-13(19(22)23)11-17(15)25-2/h2*4-7,10-11H,3,8-9H2,1-2H3,(H3,20,21)(H3,22,23). The maximum atomic E-state index is 7.46. The summed E-state index contributed by atoms with van der Waals surface area (Å²) in [7, 11) is 6.14. The molecule has 0 aliphatic rings. The Bertz CT molecular complexity index is 1650. The lowest BCUT2D eigenvalue weighted by Gasteiger charge is -2.13. The number of hydrogen-bond acceptors (Lipinski definition) is 12. The number of hydrogen-bond donors (Lipinski definition) is 8. The molecule has 4 aromatic carbocycles. The van der Waals surface area contributed by atoms with E-state index in [-0.39, 0.29) is 23.3 Å². The van der Waals surface area contributed by atoms with E-state index in [0.29, 0.717) is 108 Å². The Morgan fingerprint density at radius 2 is 0.574 bits per heavy atom. The summed E-state index contributed by atoms with van der Waals surface area (Å²) in [6.45, 7) is 1.68. The minimum absolute atomic E-state index is 0.0296. The van der Waals surface area contributed by atoms with Crippen molar-refractivity contribution in [3.63, 3.8) is 0 Å². The maximum Gasteiger partial charge on any atom is 0.161 e. The van der Waals surface area contributed by atoms with Gasteiger partial charge in [-0.05, 0) is 72.8 Å². The van der Waals surface area contributed by atoms with Gasteiger partial charge in [-0.3, -0.25) is 21.6 Å². The van der Waals surface area contributed by atoms with Crippen molar-refractivity contribution in [3.05, 3.63) is 95.1 Å². The highest BCUT2D eigenvalue weighted by Crippen LogP contribution is 2.31. The number of nitrogen functional groups attached to an aromatic ring is 4. The summed E-state index contributed by atoms with van der Waals surface area (Å²) in [5.41, 5.74) is 24.2. The fourth-order valence-corrected chi connectivity index (χ4v) is 4.66. The fraction of sp³-hybridized carbons (Fsp3) is 0.263. The number of methoxy groups -OCH3 is 4. The third-order valence-corrected chi connectivity index (χ3v) is 7.51. The topological polar surface area (TPSA) is 273 Å². The summed E-state index contributed by atoms with van der Waals surface area (Å²) in [6, 6.07) is 20.4. The van der Waals surface area contributed by atoms with Crippen LogP contribution < -0.4 is 60.8 Å². The molecular weight excluding hydrogens is 696 g/mol. The second kappa shape index (κ2) is 20.9. The van der Waals surface area contributed by atoms with Gasteiger partial charge >= 0.3 is 0 Å². The van der Waals surface area contributed by atoms with Crippen molar-refractivity contribution >= 4 is 23.3 Å². The minimum atomic E-state index is -0.0296. The number of nitrogens with two attached hydrogens (primary N) is 4. The van der Waals surface area contributed by atoms with Crippen LogP contribution in [0.1, 0.15) is 35.1 Å². The second-order valence-corrected chi connectivity index (χ2v) is 11.2. The summed E-state index contributed by atoms with van der Waals surface area (Å²) in [6.07, 6.45) is 1.27. The molecular formula is C38H48N8O8. The first kappa shape index (κ1) is 41.6. The SMILES string of the molecule is COc1cc(C(=N)N)ccc1OCCCOc1ccc(C(=N)N)cc1OC.COc1cc(C(=N)N)ccc1OCCCOc1ccc(C(=N)N)cc1OC. The Hall–Kier alpha value is -6.84. The average molecular weight is 745 g/mol. The van der Waals surface area contributed by atoms with Gasteiger partial charge in [0.05, 0.1) is 54.9 Å². The Labute approximate surface area is 314 Å². The van der Waals surface area contributed by atoms with Crippen molar-refractivity contribution in [3.8, 4) is 46.0 Å². The average Bonchev–Trinajstić information content (AvgIpc) is 3.17. The third kappa shape index (κ3) is 12.1. The zero-order chi connectivity index (χ0) is 39.6. The van der Waals surface area contributed by atoms with E-state index in [2.05, 4.69) is 0 Å². The van der Waals surface area contributed by atoms with Gasteiger partial charge in [0, 0.05) is 35.1 Å². The van der Waals surface area contributed by atoms with Crippen molar-refractivity contribution in [1.29, 1.82) is 21.6 Å². The highest BCUT2D eigenvalue weighted by molar-refractivity contribution is 5.97. The molecule has 0 aliphatic heterocycles. The summed E-state index contributed by atoms with van der Waals surface area (Å²) < 4.78 is 43.9. The van der Waals surface area contributed by atoms with Gasteiger partial charge < -0.3 is 60.8 Å². The molecule has 4 rings (SSSR count). The van der Waals surface area contributed by atoms with Gasteiger partial charge in [-0.2, -0.15) is 0 Å². The van der Waals surface area contributed by atoms with Crippen LogP contribution >= 0.6 is 0 Å². The molecule has 0 saturated heterocycles. The van der Waals surface area contributed by atoms with E-state index < -0.39 is 0 Å². The van der Waals surface area contributed by atoms with Gasteiger partial charge in [0.1, 0.15) is 23.3 Å². The molecule has 0 aliphatic carbocycles. The molecule has 16 nitrogen and oxygen atoms in total. The summed E-state index contributed by atoms with van der Waals surface area (Å²) >= 11 is 0. The lowest BCUT2D eigenvalue weighted by Crippen LogP contribution is -2.12. The molecule has 12 N–H and O–H groups in total. The van der Waals surface area contributed by atoms with Crippen molar-refractivity contribution < 1.29 is 37.9 Å². The zero-order valence-electron chi connectivity index (χ0n) is 30.7. The molecule has 0 aromatic heterocycles. The first-order valence-electron chi connectivity index (χ1n) is 16.5. The third-order valence-electron chi connectivity index (χ3n) is 7.51. The van der Waals surface area contributed by atoms with Crippen LogP contribution in [0.5, 0.6) is 46.0 Å². The van der Waals surface area contributed by atoms with E-state index in [1.807, 2.05) is 0 Å². The summed E-state index contributed by atoms with van der Waals surface area (Å²) in [4.78, 5) is 0. The zero-order valence-corrected chi connectivity index (χ0v) is 30.7. The molecule has 0 bridgehead atoms. The van der Waals surface area contributed by atoms with Gasteiger partial charge in [0.25, 0.3) is 0 Å². The first-order valence-corrected chi connectivity index (χ1v) is 16.5. The van der Waals surface area contributed by atoms with Gasteiger partial charge in [0.15, 0.2) is 46.0 Å². The molecule has 288 valence electrons. The van der Waals surface area contributed by atoms with Crippen LogP contribution in [0, 0.1) is 21.6 Å². The van der Waals surface area contributed by atoms with Crippen LogP contribution in [0.3, 0.4) is 0 Å². The van der Waals surface area contributed by atoms with Crippen molar-refractivity contribution in [2.45, 2.75) is 12.8 Å². The highest BCUT2D eigenvalue weighted by atomic mass is 16.5. The van der Waals surface area contributed by atoms with Crippen molar-refractivity contribution in [1.82, 2.24) is 0 Å². The maximum absolute atomic E-state index is 7.46. The van der Waals surface area contributed by atoms with Crippen LogP contribution in [0.4, 0.5) is 0 Å². The summed E-state index contributed by atoms with van der Waals surface area (Å²) in [5, 5.41) is 29.8. The van der Waals surface area contributed by atoms with E-state index in [1.165, 1.54) is 28.4 Å². The Morgan fingerprint density at radius 3 is 0.741 bits per heavy atom. The molecule has 0 spiro atoms. The Kier molecular flexibility index (Phi) is 16.1. The smallest absolute Gasteiger partial charge is 0.161 e. The predicted octanol–water partition coefficient (Wildman–Crippen LogP) is 4.24. The normalized spacial score (nSPS) is 10.1. The Balaban J connectivity index is 0.000000290. The molecule has 0 fully saturated rings. The second-order valence-electron chi connectivity index (χ2n) is 11.2. The Morgan fingerprint density at radius 1 is 0.370 bits per heavy atom. The fourth-order valence-electron chi connectivity index (χ4n) is 4.66. The van der Waals surface area contributed by atoms with Crippen LogP contribution in [0.2, 0.25) is 0 Å². The van der Waals surface area contributed by atoms with Gasteiger partial charge in [-0.25, -0.2) is 0 Å². The molecule has 0 amide bonds. The first-order chi connectivity index (χ1) is 25.9. The number of benzene rings is 4. The monoisotopic (exact) mass is 744 g/mol. The van der Waals surface area contributed by atoms with E-state index in [0.717, 1.165) is 0 Å². The van der Waals surface area contributed by atoms with Crippen LogP contribution in [-0.2, 0) is 0 Å². The molecule has 0 atom stereocenters. The minimum Gasteiger partial charge on any atom is -0.493 e. The number of nitrogens with one attached hydrogen (secondary N) is 4. The molecule has 4 aromatic rings. The van der Waals surface area contributed by atoms with Crippen molar-refractivity contribution in [2.24, 2.45) is 22.9 Å². The molecule has 0 saturated carbocycles. The van der Waals surface area contributed by atoms with Crippen LogP contribution in [-0.4, -0.2) is 78.2 Å². The van der Waals surface area contributed by atoms with E-state index in [4.69, 9.17) is 82.5 Å². The number of rotatable bonds is 20. The van der Waals surface area contributed by atoms with Crippen LogP contribution in [0.15, 0.2) is 72.8 Å². The molecule has 0 radical (unpaired) electrons. The van der Waals surface area contributed by atoms with Crippen molar-refractivity contribution in [2.75, 3.05) is 54.9 Å². The highest BCUT2D eigenvalue weighted by Gasteiger charge is 2.11. The van der Waals surface area contributed by atoms with Gasteiger partial charge in [0.2, 0.25) is 0 Å². The van der Waals surface area contributed by atoms with E-state index in [1.54, 1.807) is 72.8 Å². The molecule has 0 heterocycles. The van der Waals surface area contributed by atoms with E-state index in [9.17, 15) is 0 Å². The lowest BCUT2D eigenvalue weighted by molar-refractivity contribution is 0.234. The quantitative estimate of drug-likeness (QED) is 0.0359.